The topological polar surface area (TPSA) is 65.1 Å². The lowest BCUT2D eigenvalue weighted by Gasteiger charge is -2.22. The molecule has 0 bridgehead atoms. The second kappa shape index (κ2) is 10.1. The van der Waals surface area contributed by atoms with Crippen LogP contribution in [0.15, 0.2) is 54.6 Å². The first kappa shape index (κ1) is 19.3. The van der Waals surface area contributed by atoms with E-state index in [4.69, 9.17) is 9.47 Å². The number of carbonyl (C=O) groups is 2. The number of benzene rings is 2. The first-order valence-corrected chi connectivity index (χ1v) is 8.27. The summed E-state index contributed by atoms with van der Waals surface area (Å²) in [5.41, 5.74) is 0.979. The Labute approximate surface area is 153 Å². The number of ether oxygens (including phenoxy) is 3. The quantitative estimate of drug-likeness (QED) is 0.646. The Bertz CT molecular complexity index is 717. The molecule has 0 aliphatic heterocycles. The van der Waals surface area contributed by atoms with Crippen LogP contribution in [0.3, 0.4) is 0 Å². The maximum absolute atomic E-state index is 12.6. The molecule has 0 unspecified atom stereocenters. The second-order valence-electron chi connectivity index (χ2n) is 5.59. The summed E-state index contributed by atoms with van der Waals surface area (Å²) < 4.78 is 15.4. The molecule has 2 aromatic rings. The highest BCUT2D eigenvalue weighted by Crippen LogP contribution is 2.19. The van der Waals surface area contributed by atoms with Gasteiger partial charge >= 0.3 is 5.97 Å². The van der Waals surface area contributed by atoms with E-state index in [0.717, 1.165) is 5.56 Å². The molecular weight excluding hydrogens is 334 g/mol. The van der Waals surface area contributed by atoms with Crippen molar-refractivity contribution in [3.63, 3.8) is 0 Å². The minimum atomic E-state index is -0.357. The molecule has 6 nitrogen and oxygen atoms in total. The highest BCUT2D eigenvalue weighted by Gasteiger charge is 2.16. The average Bonchev–Trinajstić information content (AvgIpc) is 2.69. The summed E-state index contributed by atoms with van der Waals surface area (Å²) >= 11 is 0. The maximum atomic E-state index is 12.6. The summed E-state index contributed by atoms with van der Waals surface area (Å²) in [5.74, 6) is 0.636. The summed E-state index contributed by atoms with van der Waals surface area (Å²) in [6.07, 6.45) is 0.133. The van der Waals surface area contributed by atoms with E-state index in [1.165, 1.54) is 7.11 Å². The normalized spacial score (nSPS) is 10.1. The fraction of sp³-hybridized carbons (Fsp3) is 0.300. The monoisotopic (exact) mass is 357 g/mol. The van der Waals surface area contributed by atoms with E-state index in [1.807, 2.05) is 30.3 Å². The van der Waals surface area contributed by atoms with Crippen LogP contribution in [-0.4, -0.2) is 44.1 Å². The molecule has 2 aromatic carbocycles. The zero-order valence-corrected chi connectivity index (χ0v) is 15.0. The van der Waals surface area contributed by atoms with Gasteiger partial charge in [-0.15, -0.1) is 0 Å². The average molecular weight is 357 g/mol. The van der Waals surface area contributed by atoms with E-state index in [-0.39, 0.29) is 31.4 Å². The Morgan fingerprint density at radius 3 is 2.38 bits per heavy atom. The summed E-state index contributed by atoms with van der Waals surface area (Å²) in [5, 5.41) is 0. The third-order valence-corrected chi connectivity index (χ3v) is 3.79. The number of carbonyl (C=O) groups excluding carboxylic acids is 2. The molecule has 26 heavy (non-hydrogen) atoms. The van der Waals surface area contributed by atoms with Gasteiger partial charge in [0.1, 0.15) is 11.5 Å². The van der Waals surface area contributed by atoms with Gasteiger partial charge in [0.2, 0.25) is 0 Å². The lowest BCUT2D eigenvalue weighted by atomic mass is 10.2. The van der Waals surface area contributed by atoms with Crippen molar-refractivity contribution in [2.24, 2.45) is 0 Å². The number of hydrogen-bond acceptors (Lipinski definition) is 5. The summed E-state index contributed by atoms with van der Waals surface area (Å²) in [6.45, 7) is 0.543. The van der Waals surface area contributed by atoms with Gasteiger partial charge in [-0.1, -0.05) is 36.4 Å². The molecule has 0 radical (unpaired) electrons. The van der Waals surface area contributed by atoms with E-state index in [1.54, 1.807) is 36.3 Å². The van der Waals surface area contributed by atoms with Crippen LogP contribution in [0, 0.1) is 0 Å². The molecule has 0 saturated heterocycles. The molecule has 0 aliphatic carbocycles. The lowest BCUT2D eigenvalue weighted by molar-refractivity contribution is -0.142. The molecule has 0 aliphatic rings. The van der Waals surface area contributed by atoms with Gasteiger partial charge in [0, 0.05) is 19.2 Å². The van der Waals surface area contributed by atoms with E-state index < -0.39 is 0 Å². The van der Waals surface area contributed by atoms with E-state index in [2.05, 4.69) is 4.74 Å². The van der Waals surface area contributed by atoms with E-state index in [9.17, 15) is 9.59 Å². The van der Waals surface area contributed by atoms with Crippen LogP contribution < -0.4 is 9.47 Å². The largest absolute Gasteiger partial charge is 0.497 e. The van der Waals surface area contributed by atoms with Gasteiger partial charge in [0.15, 0.2) is 6.61 Å². The minimum Gasteiger partial charge on any atom is -0.497 e. The standard InChI is InChI=1S/C20H23NO5/c1-24-17-9-6-10-18(13-17)26-15-19(22)21(12-11-20(23)25-2)14-16-7-4-3-5-8-16/h3-10,13H,11-12,14-15H2,1-2H3. The van der Waals surface area contributed by atoms with Crippen molar-refractivity contribution >= 4 is 11.9 Å². The number of methoxy groups -OCH3 is 2. The molecule has 0 saturated carbocycles. The van der Waals surface area contributed by atoms with Gasteiger partial charge in [0.25, 0.3) is 5.91 Å². The minimum absolute atomic E-state index is 0.124. The molecule has 0 spiro atoms. The number of nitrogens with zero attached hydrogens (tertiary/aromatic N) is 1. The Morgan fingerprint density at radius 1 is 0.962 bits per heavy atom. The SMILES string of the molecule is COC(=O)CCN(Cc1ccccc1)C(=O)COc1cccc(OC)c1. The van der Waals surface area contributed by atoms with Crippen LogP contribution in [0.25, 0.3) is 0 Å². The molecule has 2 rings (SSSR count). The zero-order chi connectivity index (χ0) is 18.8. The Morgan fingerprint density at radius 2 is 1.69 bits per heavy atom. The first-order chi connectivity index (χ1) is 12.6. The zero-order valence-electron chi connectivity index (χ0n) is 15.0. The molecular formula is C20H23NO5. The van der Waals surface area contributed by atoms with Crippen molar-refractivity contribution in [1.82, 2.24) is 4.90 Å². The molecule has 6 heteroatoms. The van der Waals surface area contributed by atoms with E-state index in [0.29, 0.717) is 18.0 Å². The molecule has 0 atom stereocenters. The predicted molar refractivity (Wildman–Crippen MR) is 97.0 cm³/mol. The molecule has 138 valence electrons. The summed E-state index contributed by atoms with van der Waals surface area (Å²) in [7, 11) is 2.90. The molecule has 0 aromatic heterocycles. The van der Waals surface area contributed by atoms with Gasteiger partial charge in [-0.05, 0) is 17.7 Å². The molecule has 0 N–H and O–H groups in total. The number of esters is 1. The smallest absolute Gasteiger partial charge is 0.307 e. The Balaban J connectivity index is 1.99. The van der Waals surface area contributed by atoms with Crippen LogP contribution in [0.4, 0.5) is 0 Å². The van der Waals surface area contributed by atoms with Crippen molar-refractivity contribution in [3.05, 3.63) is 60.2 Å². The molecule has 0 heterocycles. The molecule has 1 amide bonds. The van der Waals surface area contributed by atoms with Crippen LogP contribution in [0.2, 0.25) is 0 Å². The van der Waals surface area contributed by atoms with Crippen LogP contribution in [0.5, 0.6) is 11.5 Å². The predicted octanol–water partition coefficient (Wildman–Crippen LogP) is 2.67. The fourth-order valence-electron chi connectivity index (χ4n) is 2.35. The van der Waals surface area contributed by atoms with Crippen LogP contribution >= 0.6 is 0 Å². The first-order valence-electron chi connectivity index (χ1n) is 8.27. The van der Waals surface area contributed by atoms with E-state index >= 15 is 0 Å². The lowest BCUT2D eigenvalue weighted by Crippen LogP contribution is -2.36. The molecule has 0 fully saturated rings. The number of rotatable bonds is 9. The number of hydrogen-bond donors (Lipinski definition) is 0. The van der Waals surface area contributed by atoms with Gasteiger partial charge in [0.05, 0.1) is 20.6 Å². The van der Waals surface area contributed by atoms with Crippen molar-refractivity contribution < 1.29 is 23.8 Å². The maximum Gasteiger partial charge on any atom is 0.307 e. The third kappa shape index (κ3) is 6.12. The van der Waals surface area contributed by atoms with Gasteiger partial charge in [-0.3, -0.25) is 9.59 Å². The second-order valence-corrected chi connectivity index (χ2v) is 5.59. The van der Waals surface area contributed by atoms with Crippen LogP contribution in [-0.2, 0) is 20.9 Å². The summed E-state index contributed by atoms with van der Waals surface area (Å²) in [6, 6.07) is 16.6. The van der Waals surface area contributed by atoms with Gasteiger partial charge in [-0.2, -0.15) is 0 Å². The Kier molecular flexibility index (Phi) is 7.49. The highest BCUT2D eigenvalue weighted by molar-refractivity contribution is 5.78. The highest BCUT2D eigenvalue weighted by atomic mass is 16.5. The third-order valence-electron chi connectivity index (χ3n) is 3.79. The van der Waals surface area contributed by atoms with Gasteiger partial charge < -0.3 is 19.1 Å². The van der Waals surface area contributed by atoms with Crippen molar-refractivity contribution in [2.45, 2.75) is 13.0 Å². The van der Waals surface area contributed by atoms with Crippen molar-refractivity contribution in [1.29, 1.82) is 0 Å². The van der Waals surface area contributed by atoms with Gasteiger partial charge in [-0.25, -0.2) is 0 Å². The fourth-order valence-corrected chi connectivity index (χ4v) is 2.35. The van der Waals surface area contributed by atoms with Crippen molar-refractivity contribution in [3.8, 4) is 11.5 Å². The van der Waals surface area contributed by atoms with Crippen molar-refractivity contribution in [2.75, 3.05) is 27.4 Å². The Hall–Kier alpha value is -3.02. The number of amides is 1. The summed E-state index contributed by atoms with van der Waals surface area (Å²) in [4.78, 5) is 25.6. The van der Waals surface area contributed by atoms with Crippen LogP contribution in [0.1, 0.15) is 12.0 Å².